The summed E-state index contributed by atoms with van der Waals surface area (Å²) in [6.45, 7) is 2.72. The van der Waals surface area contributed by atoms with Crippen LogP contribution in [0.15, 0.2) is 55.0 Å². The van der Waals surface area contributed by atoms with Crippen LogP contribution in [-0.4, -0.2) is 85.6 Å². The highest BCUT2D eigenvalue weighted by atomic mass is 32.1. The molecule has 54 heavy (non-hydrogen) atoms. The molecule has 2 bridgehead atoms. The predicted molar refractivity (Wildman–Crippen MR) is 202 cm³/mol. The number of hydrogen-bond acceptors (Lipinski definition) is 12. The van der Waals surface area contributed by atoms with Gasteiger partial charge in [-0.1, -0.05) is 17.4 Å². The maximum Gasteiger partial charge on any atom is 0.234 e. The second-order valence-corrected chi connectivity index (χ2v) is 16.0. The van der Waals surface area contributed by atoms with Crippen LogP contribution in [0.5, 0.6) is 0 Å². The molecule has 5 fully saturated rings. The largest absolute Gasteiger partial charge is 0.387 e. The van der Waals surface area contributed by atoms with E-state index >= 15 is 0 Å². The van der Waals surface area contributed by atoms with E-state index in [0.717, 1.165) is 88.1 Å². The second kappa shape index (κ2) is 13.3. The maximum atomic E-state index is 14.1. The first-order valence-corrected chi connectivity index (χ1v) is 19.3. The Balaban J connectivity index is 0.836. The van der Waals surface area contributed by atoms with Crippen LogP contribution in [-0.2, 0) is 19.8 Å². The third kappa shape index (κ3) is 5.76. The van der Waals surface area contributed by atoms with E-state index in [0.29, 0.717) is 44.6 Å². The van der Waals surface area contributed by atoms with Gasteiger partial charge in [0.2, 0.25) is 17.7 Å². The van der Waals surface area contributed by atoms with Gasteiger partial charge in [-0.2, -0.15) is 10.4 Å². The third-order valence-corrected chi connectivity index (χ3v) is 13.4. The molecule has 1 atom stereocenters. The first-order valence-electron chi connectivity index (χ1n) is 18.5. The van der Waals surface area contributed by atoms with E-state index in [-0.39, 0.29) is 34.5 Å². The van der Waals surface area contributed by atoms with E-state index in [1.165, 1.54) is 0 Å². The number of nitrogens with one attached hydrogen (secondary N) is 2. The van der Waals surface area contributed by atoms with E-state index < -0.39 is 0 Å². The van der Waals surface area contributed by atoms with Crippen LogP contribution >= 0.6 is 11.3 Å². The van der Waals surface area contributed by atoms with Crippen molar-refractivity contribution in [2.24, 2.45) is 5.41 Å². The van der Waals surface area contributed by atoms with Crippen molar-refractivity contribution in [3.8, 4) is 28.0 Å². The standard InChI is InChI=1S/C39H39N11O3S/c1-41-29-19-30(31-5-3-26-18-24(20-40)21-44-50(26)31)42-23-28(29)35-46-47-36(54-35)38-8-11-39(12-9-38,13-10-38)37(53)49-16-14-48(15-17-49)32-6-2-25(22-43-32)27-4-7-33(51)45-34(27)52/h2-3,5-6,18-19,21-23,27H,4,7-17H2,1H3,(H,41,42)(H,45,51,52)/t27-,38?,39?/m0/s1. The number of nitrogens with zero attached hydrogens (tertiary/aromatic N) is 9. The summed E-state index contributed by atoms with van der Waals surface area (Å²) < 4.78 is 1.78. The first kappa shape index (κ1) is 34.0. The summed E-state index contributed by atoms with van der Waals surface area (Å²) in [6.07, 6.45) is 11.3. The molecule has 7 heterocycles. The minimum Gasteiger partial charge on any atom is -0.387 e. The highest BCUT2D eigenvalue weighted by Crippen LogP contribution is 2.59. The topological polar surface area (TPSA) is 174 Å². The molecule has 274 valence electrons. The quantitative estimate of drug-likeness (QED) is 0.222. The van der Waals surface area contributed by atoms with Crippen molar-refractivity contribution in [3.63, 3.8) is 0 Å². The SMILES string of the molecule is CNc1cc(-c2ccc3cc(C#N)cnn23)ncc1-c1nnc(C23CCC(C(=O)N4CCN(c5ccc([C@@H]6CCC(=O)NC6=O)cn5)CC4)(CC2)CC3)s1. The number of nitriles is 1. The van der Waals surface area contributed by atoms with Gasteiger partial charge in [-0.25, -0.2) is 9.50 Å². The molecule has 3 saturated carbocycles. The summed E-state index contributed by atoms with van der Waals surface area (Å²) in [5.74, 6) is 0.291. The molecule has 10 rings (SSSR count). The summed E-state index contributed by atoms with van der Waals surface area (Å²) in [5, 5.41) is 30.7. The van der Waals surface area contributed by atoms with Gasteiger partial charge >= 0.3 is 0 Å². The summed E-state index contributed by atoms with van der Waals surface area (Å²) in [6, 6.07) is 13.7. The molecule has 2 aliphatic heterocycles. The van der Waals surface area contributed by atoms with Crippen molar-refractivity contribution in [1.29, 1.82) is 5.26 Å². The molecular formula is C39H39N11O3S. The summed E-state index contributed by atoms with van der Waals surface area (Å²) in [4.78, 5) is 51.7. The molecule has 0 spiro atoms. The van der Waals surface area contributed by atoms with Crippen LogP contribution < -0.4 is 15.5 Å². The van der Waals surface area contributed by atoms with Crippen LogP contribution in [0.3, 0.4) is 0 Å². The summed E-state index contributed by atoms with van der Waals surface area (Å²) in [5.41, 5.74) is 5.14. The fraction of sp³-hybridized carbons (Fsp3) is 0.410. The number of hydrogen-bond donors (Lipinski definition) is 2. The van der Waals surface area contributed by atoms with E-state index in [1.807, 2.05) is 43.6 Å². The molecule has 0 radical (unpaired) electrons. The fourth-order valence-electron chi connectivity index (χ4n) is 8.88. The van der Waals surface area contributed by atoms with Crippen LogP contribution in [0.2, 0.25) is 0 Å². The Labute approximate surface area is 315 Å². The first-order chi connectivity index (χ1) is 26.3. The number of piperazine rings is 1. The van der Waals surface area contributed by atoms with E-state index in [4.69, 9.17) is 10.1 Å². The van der Waals surface area contributed by atoms with Gasteiger partial charge in [0.25, 0.3) is 0 Å². The van der Waals surface area contributed by atoms with E-state index in [1.54, 1.807) is 34.3 Å². The van der Waals surface area contributed by atoms with Crippen LogP contribution in [0, 0.1) is 16.7 Å². The number of pyridine rings is 2. The van der Waals surface area contributed by atoms with Crippen molar-refractivity contribution < 1.29 is 14.4 Å². The summed E-state index contributed by atoms with van der Waals surface area (Å²) >= 11 is 1.63. The van der Waals surface area contributed by atoms with Gasteiger partial charge in [0.05, 0.1) is 40.1 Å². The Morgan fingerprint density at radius 1 is 0.963 bits per heavy atom. The molecule has 14 nitrogen and oxygen atoms in total. The molecule has 0 unspecified atom stereocenters. The lowest BCUT2D eigenvalue weighted by Gasteiger charge is -2.53. The predicted octanol–water partition coefficient (Wildman–Crippen LogP) is 4.68. The number of piperidine rings is 1. The van der Waals surface area contributed by atoms with Gasteiger partial charge in [0, 0.05) is 68.6 Å². The third-order valence-electron chi connectivity index (χ3n) is 12.2. The number of aromatic nitrogens is 6. The zero-order valence-corrected chi connectivity index (χ0v) is 30.7. The maximum absolute atomic E-state index is 14.1. The Morgan fingerprint density at radius 3 is 2.46 bits per heavy atom. The Morgan fingerprint density at radius 2 is 1.76 bits per heavy atom. The number of rotatable bonds is 7. The molecule has 3 aliphatic carbocycles. The molecule has 15 heteroatoms. The van der Waals surface area contributed by atoms with E-state index in [9.17, 15) is 19.6 Å². The van der Waals surface area contributed by atoms with E-state index in [2.05, 4.69) is 41.7 Å². The zero-order valence-electron chi connectivity index (χ0n) is 29.9. The Kier molecular flexibility index (Phi) is 8.37. The smallest absolute Gasteiger partial charge is 0.234 e. The van der Waals surface area contributed by atoms with Crippen molar-refractivity contribution in [3.05, 3.63) is 71.1 Å². The molecule has 5 aliphatic rings. The number of imide groups is 1. The van der Waals surface area contributed by atoms with Gasteiger partial charge in [-0.05, 0) is 80.8 Å². The second-order valence-electron chi connectivity index (χ2n) is 15.0. The normalized spacial score (nSPS) is 24.0. The molecule has 2 saturated heterocycles. The average Bonchev–Trinajstić information content (AvgIpc) is 3.90. The average molecular weight is 742 g/mol. The number of fused-ring (bicyclic) bond motifs is 4. The van der Waals surface area contributed by atoms with Gasteiger partial charge < -0.3 is 15.1 Å². The van der Waals surface area contributed by atoms with Crippen LogP contribution in [0.4, 0.5) is 11.5 Å². The van der Waals surface area contributed by atoms with Crippen LogP contribution in [0.1, 0.15) is 73.4 Å². The number of carbonyl (C=O) groups is 3. The van der Waals surface area contributed by atoms with Crippen molar-refractivity contribution in [2.45, 2.75) is 62.7 Å². The molecule has 5 aromatic rings. The van der Waals surface area contributed by atoms with Crippen molar-refractivity contribution >= 4 is 46.1 Å². The monoisotopic (exact) mass is 741 g/mol. The molecule has 2 N–H and O–H groups in total. The molecule has 0 aromatic carbocycles. The lowest BCUT2D eigenvalue weighted by Crippen LogP contribution is -2.57. The lowest BCUT2D eigenvalue weighted by atomic mass is 9.53. The van der Waals surface area contributed by atoms with Gasteiger partial charge in [0.15, 0.2) is 5.01 Å². The molecule has 3 amide bonds. The Bertz CT molecular complexity index is 2310. The zero-order chi connectivity index (χ0) is 37.0. The molecular weight excluding hydrogens is 703 g/mol. The fourth-order valence-corrected chi connectivity index (χ4v) is 10.0. The minimum absolute atomic E-state index is 0.0612. The van der Waals surface area contributed by atoms with Crippen molar-refractivity contribution in [2.75, 3.05) is 43.4 Å². The van der Waals surface area contributed by atoms with Gasteiger partial charge in [-0.3, -0.25) is 24.7 Å². The van der Waals surface area contributed by atoms with Crippen LogP contribution in [0.25, 0.3) is 27.5 Å². The lowest BCUT2D eigenvalue weighted by molar-refractivity contribution is -0.149. The van der Waals surface area contributed by atoms with Gasteiger partial charge in [0.1, 0.15) is 16.9 Å². The minimum atomic E-state index is -0.352. The molecule has 5 aromatic heterocycles. The van der Waals surface area contributed by atoms with Crippen molar-refractivity contribution in [1.82, 2.24) is 40.0 Å². The number of carbonyl (C=O) groups excluding carboxylic acids is 3. The summed E-state index contributed by atoms with van der Waals surface area (Å²) in [7, 11) is 1.88. The number of amides is 3. The highest BCUT2D eigenvalue weighted by Gasteiger charge is 2.55. The van der Waals surface area contributed by atoms with Gasteiger partial charge in [-0.15, -0.1) is 10.2 Å². The number of anilines is 2. The Hall–Kier alpha value is -5.75. The highest BCUT2D eigenvalue weighted by molar-refractivity contribution is 7.14.